The summed E-state index contributed by atoms with van der Waals surface area (Å²) in [5.74, 6) is 0.531. The number of anilines is 2. The Morgan fingerprint density at radius 3 is 2.86 bits per heavy atom. The van der Waals surface area contributed by atoms with Crippen molar-refractivity contribution < 1.29 is 14.3 Å². The van der Waals surface area contributed by atoms with Crippen molar-refractivity contribution in [3.63, 3.8) is 0 Å². The Labute approximate surface area is 124 Å². The topological polar surface area (TPSA) is 84.7 Å². The van der Waals surface area contributed by atoms with Crippen molar-refractivity contribution in [3.05, 3.63) is 18.2 Å². The molecule has 21 heavy (non-hydrogen) atoms. The highest BCUT2D eigenvalue weighted by Gasteiger charge is 2.24. The molecule has 3 N–H and O–H groups in total. The van der Waals surface area contributed by atoms with E-state index in [1.807, 2.05) is 0 Å². The molecule has 0 aliphatic carbocycles. The first-order chi connectivity index (χ1) is 10.0. The number of carbonyl (C=O) groups excluding carboxylic acids is 2. The molecule has 2 amide bonds. The first-order valence-corrected chi connectivity index (χ1v) is 7.05. The zero-order valence-electron chi connectivity index (χ0n) is 12.4. The van der Waals surface area contributed by atoms with Crippen molar-refractivity contribution in [2.45, 2.75) is 32.2 Å². The molecule has 6 heteroatoms. The fourth-order valence-electron chi connectivity index (χ4n) is 2.39. The molecule has 1 unspecified atom stereocenters. The fraction of sp³-hybridized carbons (Fsp3) is 0.467. The monoisotopic (exact) mass is 291 g/mol. The van der Waals surface area contributed by atoms with E-state index >= 15 is 0 Å². The average Bonchev–Trinajstić information content (AvgIpc) is 2.83. The molecular weight excluding hydrogens is 270 g/mol. The minimum absolute atomic E-state index is 0.0991. The maximum absolute atomic E-state index is 11.8. The summed E-state index contributed by atoms with van der Waals surface area (Å²) in [5, 5.41) is 2.77. The van der Waals surface area contributed by atoms with Crippen LogP contribution < -0.4 is 20.7 Å². The molecule has 1 aromatic rings. The van der Waals surface area contributed by atoms with E-state index in [2.05, 4.69) is 5.32 Å². The van der Waals surface area contributed by atoms with Crippen LogP contribution in [0.3, 0.4) is 0 Å². The maximum Gasteiger partial charge on any atom is 0.227 e. The Balaban J connectivity index is 2.16. The van der Waals surface area contributed by atoms with Crippen LogP contribution in [0.2, 0.25) is 0 Å². The number of benzene rings is 1. The SMILES string of the molecule is COc1cc(NC(=O)CC(C)N)ccc1N1CCCC1=O. The molecule has 0 spiro atoms. The second kappa shape index (κ2) is 6.58. The van der Waals surface area contributed by atoms with Gasteiger partial charge in [0.25, 0.3) is 0 Å². The van der Waals surface area contributed by atoms with Gasteiger partial charge in [0, 0.05) is 37.2 Å². The summed E-state index contributed by atoms with van der Waals surface area (Å²) in [7, 11) is 1.55. The molecule has 6 nitrogen and oxygen atoms in total. The number of nitrogens with zero attached hydrogens (tertiary/aromatic N) is 1. The lowest BCUT2D eigenvalue weighted by molar-refractivity contribution is -0.117. The van der Waals surface area contributed by atoms with Crippen LogP contribution in [0.25, 0.3) is 0 Å². The molecule has 0 aromatic heterocycles. The molecular formula is C15H21N3O3. The van der Waals surface area contributed by atoms with Gasteiger partial charge in [0.1, 0.15) is 5.75 Å². The third kappa shape index (κ3) is 3.72. The zero-order valence-corrected chi connectivity index (χ0v) is 12.4. The van der Waals surface area contributed by atoms with Gasteiger partial charge in [0.05, 0.1) is 12.8 Å². The van der Waals surface area contributed by atoms with E-state index < -0.39 is 0 Å². The van der Waals surface area contributed by atoms with Gasteiger partial charge in [-0.2, -0.15) is 0 Å². The molecule has 1 saturated heterocycles. The summed E-state index contributed by atoms with van der Waals surface area (Å²) >= 11 is 0. The van der Waals surface area contributed by atoms with Gasteiger partial charge in [0.15, 0.2) is 0 Å². The highest BCUT2D eigenvalue weighted by molar-refractivity contribution is 5.98. The normalized spacial score (nSPS) is 16.0. The summed E-state index contributed by atoms with van der Waals surface area (Å²) in [6.45, 7) is 2.48. The summed E-state index contributed by atoms with van der Waals surface area (Å²) in [6, 6.07) is 5.10. The van der Waals surface area contributed by atoms with Gasteiger partial charge in [-0.25, -0.2) is 0 Å². The van der Waals surface area contributed by atoms with Gasteiger partial charge in [0.2, 0.25) is 11.8 Å². The van der Waals surface area contributed by atoms with Crippen molar-refractivity contribution in [3.8, 4) is 5.75 Å². The van der Waals surface area contributed by atoms with Crippen LogP contribution in [0, 0.1) is 0 Å². The number of rotatable bonds is 5. The Bertz CT molecular complexity index is 543. The van der Waals surface area contributed by atoms with Crippen LogP contribution >= 0.6 is 0 Å². The van der Waals surface area contributed by atoms with Gasteiger partial charge in [-0.3, -0.25) is 9.59 Å². The van der Waals surface area contributed by atoms with Crippen LogP contribution in [0.4, 0.5) is 11.4 Å². The summed E-state index contributed by atoms with van der Waals surface area (Å²) in [6.07, 6.45) is 1.68. The number of nitrogens with one attached hydrogen (secondary N) is 1. The van der Waals surface area contributed by atoms with Gasteiger partial charge in [-0.1, -0.05) is 0 Å². The third-order valence-corrected chi connectivity index (χ3v) is 3.34. The second-order valence-electron chi connectivity index (χ2n) is 5.27. The van der Waals surface area contributed by atoms with E-state index in [-0.39, 0.29) is 24.3 Å². The number of ether oxygens (including phenoxy) is 1. The smallest absolute Gasteiger partial charge is 0.227 e. The van der Waals surface area contributed by atoms with Crippen molar-refractivity contribution in [2.24, 2.45) is 5.73 Å². The van der Waals surface area contributed by atoms with Crippen LogP contribution in [0.5, 0.6) is 5.75 Å². The maximum atomic E-state index is 11.8. The predicted octanol–water partition coefficient (Wildman–Crippen LogP) is 1.50. The van der Waals surface area contributed by atoms with Crippen LogP contribution in [-0.2, 0) is 9.59 Å². The molecule has 1 heterocycles. The van der Waals surface area contributed by atoms with Gasteiger partial charge in [-0.15, -0.1) is 0 Å². The second-order valence-corrected chi connectivity index (χ2v) is 5.27. The summed E-state index contributed by atoms with van der Waals surface area (Å²) in [4.78, 5) is 25.2. The molecule has 0 radical (unpaired) electrons. The molecule has 1 fully saturated rings. The molecule has 0 bridgehead atoms. The average molecular weight is 291 g/mol. The number of methoxy groups -OCH3 is 1. The molecule has 1 aliphatic rings. The molecule has 1 aromatic carbocycles. The van der Waals surface area contributed by atoms with E-state index in [1.165, 1.54) is 0 Å². The summed E-state index contributed by atoms with van der Waals surface area (Å²) in [5.41, 5.74) is 6.97. The predicted molar refractivity (Wildman–Crippen MR) is 81.5 cm³/mol. The molecule has 0 saturated carbocycles. The van der Waals surface area contributed by atoms with E-state index in [0.717, 1.165) is 12.1 Å². The molecule has 1 atom stereocenters. The van der Waals surface area contributed by atoms with Crippen LogP contribution in [-0.4, -0.2) is 31.5 Å². The summed E-state index contributed by atoms with van der Waals surface area (Å²) < 4.78 is 5.34. The first kappa shape index (κ1) is 15.3. The standard InChI is InChI=1S/C15H21N3O3/c1-10(16)8-14(19)17-11-5-6-12(13(9-11)21-2)18-7-3-4-15(18)20/h5-6,9-10H,3-4,7-8,16H2,1-2H3,(H,17,19). The quantitative estimate of drug-likeness (QED) is 0.861. The van der Waals surface area contributed by atoms with Crippen LogP contribution in [0.15, 0.2) is 18.2 Å². The number of hydrogen-bond donors (Lipinski definition) is 2. The Hall–Kier alpha value is -2.08. The van der Waals surface area contributed by atoms with Crippen molar-refractivity contribution in [2.75, 3.05) is 23.9 Å². The van der Waals surface area contributed by atoms with E-state index in [1.54, 1.807) is 37.1 Å². The number of amides is 2. The Morgan fingerprint density at radius 1 is 1.52 bits per heavy atom. The highest BCUT2D eigenvalue weighted by Crippen LogP contribution is 2.33. The van der Waals surface area contributed by atoms with Crippen molar-refractivity contribution >= 4 is 23.2 Å². The minimum atomic E-state index is -0.187. The van der Waals surface area contributed by atoms with Gasteiger partial charge >= 0.3 is 0 Å². The number of carbonyl (C=O) groups is 2. The van der Waals surface area contributed by atoms with Gasteiger partial charge < -0.3 is 20.7 Å². The lowest BCUT2D eigenvalue weighted by atomic mass is 10.2. The lowest BCUT2D eigenvalue weighted by Gasteiger charge is -2.19. The minimum Gasteiger partial charge on any atom is -0.494 e. The van der Waals surface area contributed by atoms with E-state index in [9.17, 15) is 9.59 Å². The largest absolute Gasteiger partial charge is 0.494 e. The number of nitrogens with two attached hydrogens (primary N) is 1. The van der Waals surface area contributed by atoms with Crippen molar-refractivity contribution in [1.82, 2.24) is 0 Å². The zero-order chi connectivity index (χ0) is 15.4. The molecule has 2 rings (SSSR count). The van der Waals surface area contributed by atoms with Gasteiger partial charge in [-0.05, 0) is 25.5 Å². The van der Waals surface area contributed by atoms with E-state index in [0.29, 0.717) is 24.4 Å². The Morgan fingerprint density at radius 2 is 2.29 bits per heavy atom. The highest BCUT2D eigenvalue weighted by atomic mass is 16.5. The lowest BCUT2D eigenvalue weighted by Crippen LogP contribution is -2.25. The first-order valence-electron chi connectivity index (χ1n) is 7.05. The Kier molecular flexibility index (Phi) is 4.80. The molecule has 1 aliphatic heterocycles. The van der Waals surface area contributed by atoms with E-state index in [4.69, 9.17) is 10.5 Å². The van der Waals surface area contributed by atoms with Crippen LogP contribution in [0.1, 0.15) is 26.2 Å². The molecule has 114 valence electrons. The van der Waals surface area contributed by atoms with Crippen molar-refractivity contribution in [1.29, 1.82) is 0 Å². The third-order valence-electron chi connectivity index (χ3n) is 3.34. The number of hydrogen-bond acceptors (Lipinski definition) is 4. The fourth-order valence-corrected chi connectivity index (χ4v) is 2.39.